The van der Waals surface area contributed by atoms with Crippen LogP contribution in [0.3, 0.4) is 0 Å². The van der Waals surface area contributed by atoms with E-state index in [0.29, 0.717) is 32.7 Å². The van der Waals surface area contributed by atoms with Crippen LogP contribution in [0.4, 0.5) is 0 Å². The van der Waals surface area contributed by atoms with Gasteiger partial charge in [-0.2, -0.15) is 0 Å². The van der Waals surface area contributed by atoms with Gasteiger partial charge in [0, 0.05) is 63.4 Å². The van der Waals surface area contributed by atoms with Crippen LogP contribution < -0.4 is 26.6 Å². The standard InChI is InChI=1S/C14H33N5O4/c20-7-11-3-15-1-2-16-12(8-21)4-18-14(10-23)6-19-13(9-22)5-17-11/h11-23H,1-10H2/t11-,12+,13+,14-/m0/s1. The van der Waals surface area contributed by atoms with Crippen molar-refractivity contribution in [2.75, 3.05) is 65.7 Å². The van der Waals surface area contributed by atoms with Crippen molar-refractivity contribution in [2.45, 2.75) is 24.2 Å². The van der Waals surface area contributed by atoms with E-state index in [9.17, 15) is 20.4 Å². The first kappa shape index (κ1) is 20.7. The molecule has 0 aliphatic carbocycles. The Balaban J connectivity index is 2.58. The fraction of sp³-hybridized carbons (Fsp3) is 1.00. The molecule has 9 nitrogen and oxygen atoms in total. The van der Waals surface area contributed by atoms with Crippen LogP contribution in [0.5, 0.6) is 0 Å². The smallest absolute Gasteiger partial charge is 0.0597 e. The zero-order chi connectivity index (χ0) is 16.9. The number of rotatable bonds is 4. The fourth-order valence-corrected chi connectivity index (χ4v) is 2.37. The molecule has 0 amide bonds. The minimum absolute atomic E-state index is 0.0126. The van der Waals surface area contributed by atoms with Gasteiger partial charge in [0.05, 0.1) is 26.4 Å². The first-order valence-corrected chi connectivity index (χ1v) is 8.31. The highest BCUT2D eigenvalue weighted by Crippen LogP contribution is 1.89. The lowest BCUT2D eigenvalue weighted by molar-refractivity contribution is 0.193. The van der Waals surface area contributed by atoms with Gasteiger partial charge in [0.1, 0.15) is 0 Å². The molecule has 23 heavy (non-hydrogen) atoms. The molecule has 1 saturated heterocycles. The van der Waals surface area contributed by atoms with E-state index in [4.69, 9.17) is 0 Å². The first-order valence-electron chi connectivity index (χ1n) is 8.31. The van der Waals surface area contributed by atoms with Crippen LogP contribution in [0.15, 0.2) is 0 Å². The molecule has 0 aromatic rings. The van der Waals surface area contributed by atoms with Gasteiger partial charge in [-0.15, -0.1) is 0 Å². The van der Waals surface area contributed by atoms with E-state index >= 15 is 0 Å². The Morgan fingerprint density at radius 2 is 0.913 bits per heavy atom. The molecule has 1 rings (SSSR count). The monoisotopic (exact) mass is 335 g/mol. The van der Waals surface area contributed by atoms with Gasteiger partial charge in [0.2, 0.25) is 0 Å². The zero-order valence-electron chi connectivity index (χ0n) is 13.7. The topological polar surface area (TPSA) is 141 Å². The molecule has 0 bridgehead atoms. The third-order valence-electron chi connectivity index (χ3n) is 3.97. The van der Waals surface area contributed by atoms with Crippen LogP contribution in [-0.4, -0.2) is 110 Å². The second-order valence-electron chi connectivity index (χ2n) is 5.90. The summed E-state index contributed by atoms with van der Waals surface area (Å²) in [5.74, 6) is 0. The summed E-state index contributed by atoms with van der Waals surface area (Å²) in [6.45, 7) is 3.59. The minimum Gasteiger partial charge on any atom is -0.395 e. The van der Waals surface area contributed by atoms with Crippen molar-refractivity contribution in [1.82, 2.24) is 26.6 Å². The van der Waals surface area contributed by atoms with Gasteiger partial charge >= 0.3 is 0 Å². The average molecular weight is 335 g/mol. The SMILES string of the molecule is OC[C@@H]1CNCCN[C@@H](CO)CN[C@H](CO)CN[C@@H](CO)CN1. The van der Waals surface area contributed by atoms with Gasteiger partial charge in [-0.3, -0.25) is 0 Å². The van der Waals surface area contributed by atoms with Crippen LogP contribution in [0, 0.1) is 0 Å². The maximum absolute atomic E-state index is 9.43. The van der Waals surface area contributed by atoms with E-state index in [1.165, 1.54) is 0 Å². The molecule has 0 saturated carbocycles. The zero-order valence-corrected chi connectivity index (χ0v) is 13.7. The van der Waals surface area contributed by atoms with Crippen LogP contribution in [0.2, 0.25) is 0 Å². The average Bonchev–Trinajstić information content (AvgIpc) is 2.59. The van der Waals surface area contributed by atoms with Crippen LogP contribution in [0.1, 0.15) is 0 Å². The summed E-state index contributed by atoms with van der Waals surface area (Å²) in [6.07, 6.45) is 0. The number of hydrogen-bond acceptors (Lipinski definition) is 9. The maximum Gasteiger partial charge on any atom is 0.0597 e. The lowest BCUT2D eigenvalue weighted by atomic mass is 10.2. The van der Waals surface area contributed by atoms with E-state index in [1.54, 1.807) is 0 Å². The van der Waals surface area contributed by atoms with Crippen molar-refractivity contribution >= 4 is 0 Å². The van der Waals surface area contributed by atoms with Crippen LogP contribution >= 0.6 is 0 Å². The van der Waals surface area contributed by atoms with Gasteiger partial charge in [0.15, 0.2) is 0 Å². The van der Waals surface area contributed by atoms with E-state index in [0.717, 1.165) is 6.54 Å². The van der Waals surface area contributed by atoms with Gasteiger partial charge in [-0.05, 0) is 0 Å². The normalized spacial score (nSPS) is 32.9. The number of aliphatic hydroxyl groups is 4. The molecule has 9 N–H and O–H groups in total. The van der Waals surface area contributed by atoms with Crippen molar-refractivity contribution in [3.05, 3.63) is 0 Å². The molecule has 0 aromatic heterocycles. The number of nitrogens with one attached hydrogen (secondary N) is 5. The summed E-state index contributed by atoms with van der Waals surface area (Å²) in [5.41, 5.74) is 0. The lowest BCUT2D eigenvalue weighted by Crippen LogP contribution is -2.53. The third-order valence-corrected chi connectivity index (χ3v) is 3.97. The molecule has 1 aliphatic heterocycles. The highest BCUT2D eigenvalue weighted by Gasteiger charge is 2.16. The highest BCUT2D eigenvalue weighted by atomic mass is 16.3. The lowest BCUT2D eigenvalue weighted by Gasteiger charge is -2.24. The minimum atomic E-state index is -0.156. The van der Waals surface area contributed by atoms with Gasteiger partial charge in [0.25, 0.3) is 0 Å². The van der Waals surface area contributed by atoms with Crippen molar-refractivity contribution in [3.63, 3.8) is 0 Å². The molecule has 1 fully saturated rings. The highest BCUT2D eigenvalue weighted by molar-refractivity contribution is 4.80. The summed E-state index contributed by atoms with van der Waals surface area (Å²) in [6, 6.07) is -0.485. The summed E-state index contributed by atoms with van der Waals surface area (Å²) >= 11 is 0. The molecule has 1 heterocycles. The van der Waals surface area contributed by atoms with Crippen molar-refractivity contribution in [3.8, 4) is 0 Å². The quantitative estimate of drug-likeness (QED) is 0.248. The summed E-state index contributed by atoms with van der Waals surface area (Å²) in [7, 11) is 0. The predicted octanol–water partition coefficient (Wildman–Crippen LogP) is -4.61. The van der Waals surface area contributed by atoms with E-state index in [1.807, 2.05) is 0 Å². The molecule has 138 valence electrons. The largest absolute Gasteiger partial charge is 0.395 e. The molecule has 9 heteroatoms. The van der Waals surface area contributed by atoms with Crippen molar-refractivity contribution < 1.29 is 20.4 Å². The number of aliphatic hydroxyl groups excluding tert-OH is 4. The predicted molar refractivity (Wildman–Crippen MR) is 88.4 cm³/mol. The molecular weight excluding hydrogens is 302 g/mol. The molecular formula is C14H33N5O4. The maximum atomic E-state index is 9.43. The van der Waals surface area contributed by atoms with E-state index < -0.39 is 0 Å². The van der Waals surface area contributed by atoms with Gasteiger partial charge < -0.3 is 47.0 Å². The third kappa shape index (κ3) is 8.89. The second kappa shape index (κ2) is 13.0. The Morgan fingerprint density at radius 1 is 0.522 bits per heavy atom. The van der Waals surface area contributed by atoms with Gasteiger partial charge in [-0.1, -0.05) is 0 Å². The molecule has 4 atom stereocenters. The second-order valence-corrected chi connectivity index (χ2v) is 5.90. The first-order chi connectivity index (χ1) is 11.2. The fourth-order valence-electron chi connectivity index (χ4n) is 2.37. The summed E-state index contributed by atoms with van der Waals surface area (Å²) in [5, 5.41) is 53.7. The molecule has 0 unspecified atom stereocenters. The molecule has 0 spiro atoms. The van der Waals surface area contributed by atoms with Crippen LogP contribution in [-0.2, 0) is 0 Å². The van der Waals surface area contributed by atoms with Gasteiger partial charge in [-0.25, -0.2) is 0 Å². The number of hydrogen-bond donors (Lipinski definition) is 9. The Kier molecular flexibility index (Phi) is 11.7. The van der Waals surface area contributed by atoms with Crippen molar-refractivity contribution in [2.24, 2.45) is 0 Å². The molecule has 0 radical (unpaired) electrons. The molecule has 1 aliphatic rings. The Morgan fingerprint density at radius 3 is 1.35 bits per heavy atom. The van der Waals surface area contributed by atoms with E-state index in [2.05, 4.69) is 26.6 Å². The van der Waals surface area contributed by atoms with Crippen molar-refractivity contribution in [1.29, 1.82) is 0 Å². The molecule has 0 aromatic carbocycles. The van der Waals surface area contributed by atoms with Crippen LogP contribution in [0.25, 0.3) is 0 Å². The Labute approximate surface area is 137 Å². The summed E-state index contributed by atoms with van der Waals surface area (Å²) in [4.78, 5) is 0. The van der Waals surface area contributed by atoms with E-state index in [-0.39, 0.29) is 50.6 Å². The Hall–Kier alpha value is -0.360. The Bertz CT molecular complexity index is 262. The summed E-state index contributed by atoms with van der Waals surface area (Å²) < 4.78 is 0.